The fourth-order valence-electron chi connectivity index (χ4n) is 5.62. The van der Waals surface area contributed by atoms with Gasteiger partial charge in [0.25, 0.3) is 5.91 Å². The molecule has 2 aromatic carbocycles. The summed E-state index contributed by atoms with van der Waals surface area (Å²) >= 11 is 1.46. The molecule has 1 N–H and O–H groups in total. The summed E-state index contributed by atoms with van der Waals surface area (Å²) in [5, 5.41) is 5.17. The average molecular weight is 554 g/mol. The number of nitrogens with zero attached hydrogens (tertiary/aromatic N) is 2. The molecule has 1 aromatic heterocycles. The van der Waals surface area contributed by atoms with Crippen molar-refractivity contribution in [3.63, 3.8) is 0 Å². The number of methoxy groups -OCH3 is 1. The first-order valence-corrected chi connectivity index (χ1v) is 14.0. The van der Waals surface area contributed by atoms with Crippen molar-refractivity contribution in [3.8, 4) is 5.75 Å². The summed E-state index contributed by atoms with van der Waals surface area (Å²) in [6.07, 6.45) is 3.59. The molecule has 6 nitrogen and oxygen atoms in total. The van der Waals surface area contributed by atoms with Crippen molar-refractivity contribution in [2.75, 3.05) is 33.3 Å². The van der Waals surface area contributed by atoms with Crippen LogP contribution in [0.15, 0.2) is 72.1 Å². The third kappa shape index (κ3) is 6.40. The molecule has 2 amide bonds. The molecule has 2 aliphatic rings. The first kappa shape index (κ1) is 28.1. The number of nitrogens with one attached hydrogen (secondary N) is 1. The van der Waals surface area contributed by atoms with Crippen LogP contribution < -0.4 is 10.1 Å². The van der Waals surface area contributed by atoms with Crippen molar-refractivity contribution in [1.82, 2.24) is 15.1 Å². The molecular formula is C30H36ClN3O3S. The van der Waals surface area contributed by atoms with E-state index in [0.29, 0.717) is 12.5 Å². The summed E-state index contributed by atoms with van der Waals surface area (Å²) in [6, 6.07) is 21.9. The third-order valence-electron chi connectivity index (χ3n) is 7.93. The summed E-state index contributed by atoms with van der Waals surface area (Å²) in [7, 11) is 1.66. The van der Waals surface area contributed by atoms with Gasteiger partial charge in [-0.3, -0.25) is 9.59 Å². The molecule has 38 heavy (non-hydrogen) atoms. The van der Waals surface area contributed by atoms with Gasteiger partial charge in [-0.2, -0.15) is 0 Å². The van der Waals surface area contributed by atoms with Crippen LogP contribution in [0.3, 0.4) is 0 Å². The summed E-state index contributed by atoms with van der Waals surface area (Å²) in [4.78, 5) is 31.4. The van der Waals surface area contributed by atoms with E-state index in [1.165, 1.54) is 11.3 Å². The lowest BCUT2D eigenvalue weighted by atomic mass is 9.77. The van der Waals surface area contributed by atoms with Gasteiger partial charge >= 0.3 is 0 Å². The van der Waals surface area contributed by atoms with Crippen LogP contribution in [0.2, 0.25) is 0 Å². The molecule has 0 bridgehead atoms. The van der Waals surface area contributed by atoms with E-state index in [9.17, 15) is 9.59 Å². The molecule has 0 radical (unpaired) electrons. The number of ether oxygens (including phenoxy) is 1. The summed E-state index contributed by atoms with van der Waals surface area (Å²) in [5.41, 5.74) is 2.05. The Morgan fingerprint density at radius 2 is 1.71 bits per heavy atom. The molecule has 0 saturated carbocycles. The van der Waals surface area contributed by atoms with Crippen LogP contribution >= 0.6 is 23.7 Å². The molecule has 3 heterocycles. The van der Waals surface area contributed by atoms with Crippen molar-refractivity contribution < 1.29 is 14.3 Å². The number of carbonyl (C=O) groups is 2. The second-order valence-electron chi connectivity index (χ2n) is 10.1. The Morgan fingerprint density at radius 1 is 1.00 bits per heavy atom. The van der Waals surface area contributed by atoms with Crippen molar-refractivity contribution in [2.24, 2.45) is 5.41 Å². The van der Waals surface area contributed by atoms with Crippen LogP contribution in [0.25, 0.3) is 0 Å². The number of benzene rings is 2. The van der Waals surface area contributed by atoms with Gasteiger partial charge in [0.05, 0.1) is 23.4 Å². The minimum Gasteiger partial charge on any atom is -0.497 e. The minimum absolute atomic E-state index is 0. The fraction of sp³-hybridized carbons (Fsp3) is 0.400. The van der Waals surface area contributed by atoms with Crippen LogP contribution in [0.4, 0.5) is 0 Å². The van der Waals surface area contributed by atoms with E-state index in [-0.39, 0.29) is 29.8 Å². The molecule has 0 aliphatic carbocycles. The minimum atomic E-state index is -0.213. The summed E-state index contributed by atoms with van der Waals surface area (Å²) in [5.74, 6) is 1.13. The van der Waals surface area contributed by atoms with Crippen molar-refractivity contribution in [3.05, 3.63) is 88.1 Å². The molecule has 2 aliphatic heterocycles. The molecule has 5 rings (SSSR count). The number of thiophene rings is 1. The maximum Gasteiger partial charge on any atom is 0.261 e. The van der Waals surface area contributed by atoms with Gasteiger partial charge in [-0.25, -0.2) is 0 Å². The SMILES string of the molecule is COc1ccc(CN2CCC3(CCN(CCC(NC(=O)c4cccs4)c4ccccc4)CC3)C2=O)cc1.Cl. The molecule has 202 valence electrons. The number of amides is 2. The standard InChI is InChI=1S/C30H35N3O3S.ClH/c1-36-25-11-9-23(10-12-25)22-33-20-16-30(29(33)35)14-18-32(19-15-30)17-13-26(24-6-3-2-4-7-24)31-28(34)27-8-5-21-37-27;/h2-12,21,26H,13-20,22H2,1H3,(H,31,34);1H. The predicted molar refractivity (Wildman–Crippen MR) is 154 cm³/mol. The van der Waals surface area contributed by atoms with Crippen LogP contribution in [0, 0.1) is 5.41 Å². The Balaban J connectivity index is 0.00000336. The van der Waals surface area contributed by atoms with Crippen molar-refractivity contribution >= 4 is 35.6 Å². The van der Waals surface area contributed by atoms with E-state index in [1.54, 1.807) is 7.11 Å². The summed E-state index contributed by atoms with van der Waals surface area (Å²) in [6.45, 7) is 4.22. The summed E-state index contributed by atoms with van der Waals surface area (Å²) < 4.78 is 5.25. The van der Waals surface area contributed by atoms with Gasteiger partial charge in [-0.15, -0.1) is 23.7 Å². The third-order valence-corrected chi connectivity index (χ3v) is 8.80. The van der Waals surface area contributed by atoms with E-state index in [0.717, 1.165) is 73.6 Å². The van der Waals surface area contributed by atoms with E-state index in [2.05, 4.69) is 22.3 Å². The average Bonchev–Trinajstić information content (AvgIpc) is 3.58. The monoisotopic (exact) mass is 553 g/mol. The molecular weight excluding hydrogens is 518 g/mol. The van der Waals surface area contributed by atoms with Gasteiger partial charge < -0.3 is 19.9 Å². The van der Waals surface area contributed by atoms with Crippen LogP contribution in [-0.2, 0) is 11.3 Å². The van der Waals surface area contributed by atoms with Gasteiger partial charge in [0.15, 0.2) is 0 Å². The molecule has 1 spiro atoms. The Kier molecular flexibility index (Phi) is 9.47. The van der Waals surface area contributed by atoms with Crippen LogP contribution in [0.5, 0.6) is 5.75 Å². The van der Waals surface area contributed by atoms with E-state index in [1.807, 2.05) is 64.9 Å². The molecule has 8 heteroatoms. The molecule has 1 atom stereocenters. The highest BCUT2D eigenvalue weighted by atomic mass is 35.5. The number of likely N-dealkylation sites (tertiary alicyclic amines) is 2. The highest BCUT2D eigenvalue weighted by Gasteiger charge is 2.47. The van der Waals surface area contributed by atoms with E-state index < -0.39 is 0 Å². The maximum atomic E-state index is 13.4. The Hall–Kier alpha value is -2.87. The number of hydrogen-bond acceptors (Lipinski definition) is 5. The van der Waals surface area contributed by atoms with Gasteiger partial charge in [0, 0.05) is 19.6 Å². The largest absolute Gasteiger partial charge is 0.497 e. The number of rotatable bonds is 9. The lowest BCUT2D eigenvalue weighted by molar-refractivity contribution is -0.138. The highest BCUT2D eigenvalue weighted by molar-refractivity contribution is 7.12. The lowest BCUT2D eigenvalue weighted by Gasteiger charge is -2.38. The van der Waals surface area contributed by atoms with Crippen LogP contribution in [0.1, 0.15) is 52.5 Å². The number of carbonyl (C=O) groups excluding carboxylic acids is 2. The smallest absolute Gasteiger partial charge is 0.261 e. The highest BCUT2D eigenvalue weighted by Crippen LogP contribution is 2.42. The Labute approximate surface area is 235 Å². The lowest BCUT2D eigenvalue weighted by Crippen LogP contribution is -2.45. The molecule has 2 saturated heterocycles. The zero-order valence-corrected chi connectivity index (χ0v) is 23.4. The first-order chi connectivity index (χ1) is 18.1. The second kappa shape index (κ2) is 12.8. The Bertz CT molecular complexity index is 1180. The molecule has 2 fully saturated rings. The van der Waals surface area contributed by atoms with Gasteiger partial charge in [-0.05, 0) is 73.5 Å². The zero-order chi connectivity index (χ0) is 25.7. The quantitative estimate of drug-likeness (QED) is 0.377. The number of halogens is 1. The Morgan fingerprint density at radius 3 is 2.37 bits per heavy atom. The van der Waals surface area contributed by atoms with E-state index in [4.69, 9.17) is 4.74 Å². The second-order valence-corrected chi connectivity index (χ2v) is 11.1. The maximum absolute atomic E-state index is 13.4. The van der Waals surface area contributed by atoms with Crippen molar-refractivity contribution in [2.45, 2.75) is 38.3 Å². The normalized spacial score (nSPS) is 17.7. The number of hydrogen-bond donors (Lipinski definition) is 1. The number of piperidine rings is 1. The first-order valence-electron chi connectivity index (χ1n) is 13.1. The van der Waals surface area contributed by atoms with Crippen molar-refractivity contribution in [1.29, 1.82) is 0 Å². The molecule has 3 aromatic rings. The predicted octanol–water partition coefficient (Wildman–Crippen LogP) is 5.55. The van der Waals surface area contributed by atoms with E-state index >= 15 is 0 Å². The van der Waals surface area contributed by atoms with Gasteiger partial charge in [-0.1, -0.05) is 48.5 Å². The zero-order valence-electron chi connectivity index (χ0n) is 21.8. The fourth-order valence-corrected chi connectivity index (χ4v) is 6.25. The molecule has 1 unspecified atom stereocenters. The van der Waals surface area contributed by atoms with Gasteiger partial charge in [0.1, 0.15) is 5.75 Å². The van der Waals surface area contributed by atoms with Crippen LogP contribution in [-0.4, -0.2) is 54.9 Å². The van der Waals surface area contributed by atoms with Gasteiger partial charge in [0.2, 0.25) is 5.91 Å². The topological polar surface area (TPSA) is 61.9 Å².